The first-order valence-corrected chi connectivity index (χ1v) is 6.79. The Bertz CT molecular complexity index is 231. The molecule has 2 aliphatic rings. The highest BCUT2D eigenvalue weighted by Gasteiger charge is 2.32. The van der Waals surface area contributed by atoms with E-state index < -0.39 is 0 Å². The summed E-state index contributed by atoms with van der Waals surface area (Å²) < 4.78 is 0. The second kappa shape index (κ2) is 5.03. The quantitative estimate of drug-likeness (QED) is 0.730. The van der Waals surface area contributed by atoms with E-state index in [9.17, 15) is 0 Å². The predicted octanol–water partition coefficient (Wildman–Crippen LogP) is 1.28. The standard InChI is InChI=1S/C13H27N3/c1-10-9-13(5-6-15(10)3)16-7-4-12(14)8-11(16)2/h10-13H,4-9,14H2,1-3H3. The molecule has 2 aliphatic heterocycles. The van der Waals surface area contributed by atoms with E-state index in [4.69, 9.17) is 5.73 Å². The molecular weight excluding hydrogens is 198 g/mol. The first-order valence-electron chi connectivity index (χ1n) is 6.79. The van der Waals surface area contributed by atoms with Gasteiger partial charge in [0.1, 0.15) is 0 Å². The summed E-state index contributed by atoms with van der Waals surface area (Å²) in [6.07, 6.45) is 5.03. The SMILES string of the molecule is CC1CC(N2CCC(N)CC2C)CCN1C. The fourth-order valence-corrected chi connectivity index (χ4v) is 3.33. The van der Waals surface area contributed by atoms with Gasteiger partial charge in [-0.1, -0.05) is 0 Å². The van der Waals surface area contributed by atoms with Crippen LogP contribution in [0, 0.1) is 0 Å². The van der Waals surface area contributed by atoms with Gasteiger partial charge in [-0.2, -0.15) is 0 Å². The zero-order valence-electron chi connectivity index (χ0n) is 11.0. The summed E-state index contributed by atoms with van der Waals surface area (Å²) in [5.74, 6) is 0. The first kappa shape index (κ1) is 12.3. The van der Waals surface area contributed by atoms with Crippen molar-refractivity contribution in [1.82, 2.24) is 9.80 Å². The van der Waals surface area contributed by atoms with E-state index in [2.05, 4.69) is 30.7 Å². The predicted molar refractivity (Wildman–Crippen MR) is 68.5 cm³/mol. The van der Waals surface area contributed by atoms with Crippen molar-refractivity contribution in [2.24, 2.45) is 5.73 Å². The van der Waals surface area contributed by atoms with Gasteiger partial charge >= 0.3 is 0 Å². The van der Waals surface area contributed by atoms with Crippen molar-refractivity contribution in [3.8, 4) is 0 Å². The van der Waals surface area contributed by atoms with Crippen LogP contribution < -0.4 is 5.73 Å². The second-order valence-corrected chi connectivity index (χ2v) is 5.88. The largest absolute Gasteiger partial charge is 0.328 e. The fourth-order valence-electron chi connectivity index (χ4n) is 3.33. The van der Waals surface area contributed by atoms with Gasteiger partial charge in [-0.15, -0.1) is 0 Å². The third-order valence-electron chi connectivity index (χ3n) is 4.62. The lowest BCUT2D eigenvalue weighted by molar-refractivity contribution is 0.0394. The molecule has 0 aliphatic carbocycles. The molecule has 0 spiro atoms. The van der Waals surface area contributed by atoms with Gasteiger partial charge in [-0.3, -0.25) is 4.90 Å². The van der Waals surface area contributed by atoms with Crippen LogP contribution in [-0.4, -0.2) is 54.1 Å². The monoisotopic (exact) mass is 225 g/mol. The van der Waals surface area contributed by atoms with Crippen molar-refractivity contribution in [3.63, 3.8) is 0 Å². The van der Waals surface area contributed by atoms with E-state index >= 15 is 0 Å². The van der Waals surface area contributed by atoms with Crippen LogP contribution in [0.15, 0.2) is 0 Å². The Morgan fingerprint density at radius 2 is 1.75 bits per heavy atom. The molecule has 0 aromatic carbocycles. The van der Waals surface area contributed by atoms with Gasteiger partial charge in [0.25, 0.3) is 0 Å². The van der Waals surface area contributed by atoms with Crippen LogP contribution in [0.1, 0.15) is 39.5 Å². The molecule has 0 bridgehead atoms. The molecule has 0 radical (unpaired) electrons. The first-order chi connectivity index (χ1) is 7.58. The molecule has 94 valence electrons. The van der Waals surface area contributed by atoms with Crippen molar-refractivity contribution >= 4 is 0 Å². The highest BCUT2D eigenvalue weighted by molar-refractivity contribution is 4.89. The topological polar surface area (TPSA) is 32.5 Å². The zero-order chi connectivity index (χ0) is 11.7. The zero-order valence-corrected chi connectivity index (χ0v) is 11.0. The molecule has 2 N–H and O–H groups in total. The summed E-state index contributed by atoms with van der Waals surface area (Å²) in [6, 6.07) is 2.66. The van der Waals surface area contributed by atoms with Crippen LogP contribution in [-0.2, 0) is 0 Å². The van der Waals surface area contributed by atoms with Crippen molar-refractivity contribution in [2.45, 2.75) is 63.7 Å². The van der Waals surface area contributed by atoms with Crippen LogP contribution in [0.5, 0.6) is 0 Å². The number of nitrogens with two attached hydrogens (primary N) is 1. The number of nitrogens with zero attached hydrogens (tertiary/aromatic N) is 2. The van der Waals surface area contributed by atoms with E-state index in [1.54, 1.807) is 0 Å². The van der Waals surface area contributed by atoms with Crippen LogP contribution >= 0.6 is 0 Å². The van der Waals surface area contributed by atoms with Crippen LogP contribution in [0.3, 0.4) is 0 Å². The van der Waals surface area contributed by atoms with Gasteiger partial charge < -0.3 is 10.6 Å². The van der Waals surface area contributed by atoms with E-state index in [0.29, 0.717) is 12.1 Å². The maximum Gasteiger partial charge on any atom is 0.0125 e. The van der Waals surface area contributed by atoms with Crippen LogP contribution in [0.2, 0.25) is 0 Å². The molecule has 3 heteroatoms. The molecular formula is C13H27N3. The van der Waals surface area contributed by atoms with Gasteiger partial charge in [-0.25, -0.2) is 0 Å². The minimum Gasteiger partial charge on any atom is -0.328 e. The molecule has 0 aromatic heterocycles. The smallest absolute Gasteiger partial charge is 0.0125 e. The Morgan fingerprint density at radius 1 is 1.00 bits per heavy atom. The lowest BCUT2D eigenvalue weighted by atomic mass is 9.91. The Balaban J connectivity index is 1.92. The van der Waals surface area contributed by atoms with E-state index in [-0.39, 0.29) is 0 Å². The maximum absolute atomic E-state index is 6.03. The van der Waals surface area contributed by atoms with Crippen molar-refractivity contribution in [1.29, 1.82) is 0 Å². The summed E-state index contributed by atoms with van der Waals surface area (Å²) in [7, 11) is 2.25. The summed E-state index contributed by atoms with van der Waals surface area (Å²) >= 11 is 0. The van der Waals surface area contributed by atoms with Crippen molar-refractivity contribution in [3.05, 3.63) is 0 Å². The maximum atomic E-state index is 6.03. The molecule has 4 atom stereocenters. The Kier molecular flexibility index (Phi) is 3.88. The minimum absolute atomic E-state index is 0.440. The summed E-state index contributed by atoms with van der Waals surface area (Å²) in [5.41, 5.74) is 6.03. The van der Waals surface area contributed by atoms with Gasteiger partial charge in [-0.05, 0) is 53.1 Å². The molecule has 16 heavy (non-hydrogen) atoms. The summed E-state index contributed by atoms with van der Waals surface area (Å²) in [4.78, 5) is 5.20. The average molecular weight is 225 g/mol. The number of likely N-dealkylation sites (tertiary alicyclic amines) is 2. The van der Waals surface area contributed by atoms with Crippen LogP contribution in [0.4, 0.5) is 0 Å². The molecule has 3 nitrogen and oxygen atoms in total. The number of rotatable bonds is 1. The summed E-state index contributed by atoms with van der Waals surface area (Å²) in [6.45, 7) is 7.17. The van der Waals surface area contributed by atoms with Gasteiger partial charge in [0.05, 0.1) is 0 Å². The second-order valence-electron chi connectivity index (χ2n) is 5.88. The number of hydrogen-bond donors (Lipinski definition) is 1. The molecule has 2 fully saturated rings. The molecule has 0 saturated carbocycles. The van der Waals surface area contributed by atoms with Gasteiger partial charge in [0.15, 0.2) is 0 Å². The molecule has 0 amide bonds. The van der Waals surface area contributed by atoms with E-state index in [0.717, 1.165) is 12.1 Å². The fraction of sp³-hybridized carbons (Fsp3) is 1.00. The lowest BCUT2D eigenvalue weighted by Gasteiger charge is -2.46. The average Bonchev–Trinajstić information content (AvgIpc) is 2.22. The highest BCUT2D eigenvalue weighted by atomic mass is 15.2. The normalized spacial score (nSPS) is 43.5. The van der Waals surface area contributed by atoms with Crippen LogP contribution in [0.25, 0.3) is 0 Å². The molecule has 2 saturated heterocycles. The molecule has 2 heterocycles. The lowest BCUT2D eigenvalue weighted by Crippen LogP contribution is -2.54. The minimum atomic E-state index is 0.440. The Morgan fingerprint density at radius 3 is 2.38 bits per heavy atom. The molecule has 4 unspecified atom stereocenters. The van der Waals surface area contributed by atoms with E-state index in [1.807, 2.05) is 0 Å². The van der Waals surface area contributed by atoms with Gasteiger partial charge in [0, 0.05) is 30.7 Å². The van der Waals surface area contributed by atoms with Crippen molar-refractivity contribution < 1.29 is 0 Å². The molecule has 0 aromatic rings. The number of hydrogen-bond acceptors (Lipinski definition) is 3. The number of piperidine rings is 2. The third kappa shape index (κ3) is 2.58. The highest BCUT2D eigenvalue weighted by Crippen LogP contribution is 2.26. The van der Waals surface area contributed by atoms with E-state index in [1.165, 1.54) is 38.8 Å². The molecule has 2 rings (SSSR count). The Labute approximate surface area is 100.0 Å². The van der Waals surface area contributed by atoms with Gasteiger partial charge in [0.2, 0.25) is 0 Å². The third-order valence-corrected chi connectivity index (χ3v) is 4.62. The Hall–Kier alpha value is -0.120. The summed E-state index contributed by atoms with van der Waals surface area (Å²) in [5, 5.41) is 0. The van der Waals surface area contributed by atoms with Crippen molar-refractivity contribution in [2.75, 3.05) is 20.1 Å².